The first-order chi connectivity index (χ1) is 14.1. The second-order valence-corrected chi connectivity index (χ2v) is 7.57. The predicted octanol–water partition coefficient (Wildman–Crippen LogP) is 2.79. The average Bonchev–Trinajstić information content (AvgIpc) is 2.75. The lowest BCUT2D eigenvalue weighted by molar-refractivity contribution is 0.251. The van der Waals surface area contributed by atoms with Gasteiger partial charge in [0.25, 0.3) is 0 Å². The van der Waals surface area contributed by atoms with E-state index in [0.717, 1.165) is 31.5 Å². The number of urea groups is 1. The van der Waals surface area contributed by atoms with E-state index in [1.165, 1.54) is 4.90 Å². The first-order valence-electron chi connectivity index (χ1n) is 9.60. The zero-order valence-corrected chi connectivity index (χ0v) is 16.9. The molecule has 150 valence electrons. The molecule has 0 saturated carbocycles. The Hall–Kier alpha value is -2.89. The van der Waals surface area contributed by atoms with Crippen LogP contribution in [-0.4, -0.2) is 48.7 Å². The summed E-state index contributed by atoms with van der Waals surface area (Å²) in [7, 11) is 1.69. The molecule has 1 N–H and O–H groups in total. The molecule has 29 heavy (non-hydrogen) atoms. The number of carbonyl (C=O) groups excluding carboxylic acids is 1. The number of para-hydroxylation sites is 1. The van der Waals surface area contributed by atoms with Crippen LogP contribution < -0.4 is 20.0 Å². The summed E-state index contributed by atoms with van der Waals surface area (Å²) in [6.07, 6.45) is 3.60. The summed E-state index contributed by atoms with van der Waals surface area (Å²) < 4.78 is 0. The van der Waals surface area contributed by atoms with Crippen molar-refractivity contribution in [3.8, 4) is 6.07 Å². The molecule has 1 aromatic heterocycles. The number of nitrogens with one attached hydrogen (secondary N) is 1. The van der Waals surface area contributed by atoms with Crippen LogP contribution in [0, 0.1) is 11.3 Å². The topological polar surface area (TPSA) is 88.4 Å². The summed E-state index contributed by atoms with van der Waals surface area (Å²) in [5.74, 6) is 1.06. The zero-order valence-electron chi connectivity index (χ0n) is 16.2. The normalized spacial score (nSPS) is 17.1. The van der Waals surface area contributed by atoms with Crippen molar-refractivity contribution in [1.29, 1.82) is 5.26 Å². The van der Waals surface area contributed by atoms with Gasteiger partial charge in [0.05, 0.1) is 23.3 Å². The molecule has 1 aromatic carbocycles. The van der Waals surface area contributed by atoms with Crippen molar-refractivity contribution in [2.45, 2.75) is 25.4 Å². The molecule has 2 aliphatic heterocycles. The summed E-state index contributed by atoms with van der Waals surface area (Å²) in [5, 5.41) is 13.1. The molecule has 1 fully saturated rings. The highest BCUT2D eigenvalue weighted by molar-refractivity contribution is 6.34. The summed E-state index contributed by atoms with van der Waals surface area (Å²) in [5.41, 5.74) is 1.49. The average molecular weight is 412 g/mol. The van der Waals surface area contributed by atoms with Crippen LogP contribution in [0.2, 0.25) is 5.02 Å². The molecule has 2 aliphatic rings. The number of anilines is 3. The third-order valence-corrected chi connectivity index (χ3v) is 5.70. The maximum atomic E-state index is 13.0. The fraction of sp³-hybridized carbons (Fsp3) is 0.400. The molecule has 0 radical (unpaired) electrons. The highest BCUT2D eigenvalue weighted by Gasteiger charge is 2.33. The molecule has 0 aliphatic carbocycles. The predicted molar refractivity (Wildman–Crippen MR) is 112 cm³/mol. The maximum Gasteiger partial charge on any atom is 0.330 e. The molecule has 0 atom stereocenters. The van der Waals surface area contributed by atoms with E-state index >= 15 is 0 Å². The second-order valence-electron chi connectivity index (χ2n) is 7.17. The number of hydrogen-bond donors (Lipinski definition) is 1. The van der Waals surface area contributed by atoms with E-state index in [9.17, 15) is 10.1 Å². The molecule has 2 amide bonds. The molecule has 0 unspecified atom stereocenters. The van der Waals surface area contributed by atoms with Crippen LogP contribution >= 0.6 is 11.6 Å². The number of hydrogen-bond acceptors (Lipinski definition) is 6. The van der Waals surface area contributed by atoms with Gasteiger partial charge in [-0.2, -0.15) is 10.2 Å². The zero-order chi connectivity index (χ0) is 20.4. The number of aromatic nitrogens is 2. The lowest BCUT2D eigenvalue weighted by Crippen LogP contribution is -2.47. The molecule has 2 aromatic rings. The van der Waals surface area contributed by atoms with Gasteiger partial charge in [0, 0.05) is 24.8 Å². The number of piperidine rings is 1. The van der Waals surface area contributed by atoms with E-state index in [0.29, 0.717) is 29.0 Å². The largest absolute Gasteiger partial charge is 0.330 e. The number of amides is 2. The minimum absolute atomic E-state index is 0.205. The van der Waals surface area contributed by atoms with E-state index in [-0.39, 0.29) is 18.6 Å². The molecule has 3 heterocycles. The monoisotopic (exact) mass is 411 g/mol. The molecule has 0 spiro atoms. The van der Waals surface area contributed by atoms with E-state index < -0.39 is 0 Å². The highest BCUT2D eigenvalue weighted by atomic mass is 35.5. The van der Waals surface area contributed by atoms with Crippen molar-refractivity contribution in [3.63, 3.8) is 0 Å². The third kappa shape index (κ3) is 3.71. The van der Waals surface area contributed by atoms with Crippen molar-refractivity contribution in [2.24, 2.45) is 0 Å². The summed E-state index contributed by atoms with van der Waals surface area (Å²) in [6.45, 7) is 2.37. The first-order valence-corrected chi connectivity index (χ1v) is 9.98. The quantitative estimate of drug-likeness (QED) is 0.778. The highest BCUT2D eigenvalue weighted by Crippen LogP contribution is 2.34. The van der Waals surface area contributed by atoms with Gasteiger partial charge in [-0.1, -0.05) is 23.7 Å². The SMILES string of the molecule is CN1C(=O)N(c2ccccc2Cl)Cc2cnc(N(CC#N)C3CCNCC3)nc21. The molecule has 1 saturated heterocycles. The second kappa shape index (κ2) is 8.23. The van der Waals surface area contributed by atoms with Crippen LogP contribution in [0.25, 0.3) is 0 Å². The van der Waals surface area contributed by atoms with Gasteiger partial charge in [0.2, 0.25) is 5.95 Å². The van der Waals surface area contributed by atoms with Gasteiger partial charge >= 0.3 is 6.03 Å². The standard InChI is InChI=1S/C20H22ClN7O/c1-26-18-14(13-28(20(26)29)17-5-3-2-4-16(17)21)12-24-19(25-18)27(11-8-22)15-6-9-23-10-7-15/h2-5,12,15,23H,6-7,9-11,13H2,1H3. The first kappa shape index (κ1) is 19.4. The van der Waals surface area contributed by atoms with Crippen LogP contribution in [0.4, 0.5) is 22.2 Å². The van der Waals surface area contributed by atoms with Gasteiger partial charge < -0.3 is 10.2 Å². The molecular weight excluding hydrogens is 390 g/mol. The molecule has 0 bridgehead atoms. The third-order valence-electron chi connectivity index (χ3n) is 5.38. The van der Waals surface area contributed by atoms with Crippen LogP contribution in [0.1, 0.15) is 18.4 Å². The van der Waals surface area contributed by atoms with Crippen molar-refractivity contribution >= 4 is 35.1 Å². The fourth-order valence-electron chi connectivity index (χ4n) is 3.86. The molecule has 8 nitrogen and oxygen atoms in total. The molecular formula is C20H22ClN7O. The number of halogens is 1. The lowest BCUT2D eigenvalue weighted by atomic mass is 10.1. The van der Waals surface area contributed by atoms with Gasteiger partial charge in [0.1, 0.15) is 12.4 Å². The van der Waals surface area contributed by atoms with Crippen LogP contribution in [0.3, 0.4) is 0 Å². The number of benzene rings is 1. The van der Waals surface area contributed by atoms with E-state index in [1.807, 2.05) is 23.1 Å². The Morgan fingerprint density at radius 3 is 2.83 bits per heavy atom. The van der Waals surface area contributed by atoms with E-state index in [2.05, 4.69) is 21.4 Å². The van der Waals surface area contributed by atoms with Crippen molar-refractivity contribution in [3.05, 3.63) is 41.0 Å². The number of nitriles is 1. The molecule has 4 rings (SSSR count). The van der Waals surface area contributed by atoms with Crippen LogP contribution in [0.15, 0.2) is 30.5 Å². The summed E-state index contributed by atoms with van der Waals surface area (Å²) in [6, 6.07) is 9.48. The Morgan fingerprint density at radius 1 is 1.34 bits per heavy atom. The van der Waals surface area contributed by atoms with Crippen molar-refractivity contribution in [1.82, 2.24) is 15.3 Å². The molecule has 9 heteroatoms. The van der Waals surface area contributed by atoms with Gasteiger partial charge in [-0.15, -0.1) is 0 Å². The maximum absolute atomic E-state index is 13.0. The van der Waals surface area contributed by atoms with Gasteiger partial charge in [-0.25, -0.2) is 9.78 Å². The summed E-state index contributed by atoms with van der Waals surface area (Å²) >= 11 is 6.30. The van der Waals surface area contributed by atoms with Crippen molar-refractivity contribution < 1.29 is 4.79 Å². The van der Waals surface area contributed by atoms with E-state index in [4.69, 9.17) is 11.6 Å². The minimum Gasteiger partial charge on any atom is -0.324 e. The Balaban J connectivity index is 1.66. The number of carbonyl (C=O) groups is 1. The van der Waals surface area contributed by atoms with Gasteiger partial charge in [0.15, 0.2) is 0 Å². The Labute approximate surface area is 174 Å². The number of fused-ring (bicyclic) bond motifs is 1. The van der Waals surface area contributed by atoms with Crippen LogP contribution in [0.5, 0.6) is 0 Å². The minimum atomic E-state index is -0.205. The fourth-order valence-corrected chi connectivity index (χ4v) is 4.09. The van der Waals surface area contributed by atoms with Gasteiger partial charge in [-0.3, -0.25) is 9.80 Å². The van der Waals surface area contributed by atoms with E-state index in [1.54, 1.807) is 24.2 Å². The number of nitrogens with zero attached hydrogens (tertiary/aromatic N) is 6. The van der Waals surface area contributed by atoms with Gasteiger partial charge in [-0.05, 0) is 38.1 Å². The Kier molecular flexibility index (Phi) is 5.51. The Morgan fingerprint density at radius 2 is 2.10 bits per heavy atom. The smallest absolute Gasteiger partial charge is 0.324 e. The van der Waals surface area contributed by atoms with Crippen molar-refractivity contribution in [2.75, 3.05) is 41.4 Å². The Bertz CT molecular complexity index is 954. The van der Waals surface area contributed by atoms with Crippen LogP contribution in [-0.2, 0) is 6.54 Å². The lowest BCUT2D eigenvalue weighted by Gasteiger charge is -2.36. The summed E-state index contributed by atoms with van der Waals surface area (Å²) in [4.78, 5) is 27.3. The number of rotatable bonds is 4.